The average Bonchev–Trinajstić information content (AvgIpc) is 2.78. The van der Waals surface area contributed by atoms with Crippen molar-refractivity contribution in [2.75, 3.05) is 5.32 Å². The summed E-state index contributed by atoms with van der Waals surface area (Å²) in [6.45, 7) is 0. The summed E-state index contributed by atoms with van der Waals surface area (Å²) in [7, 11) is 0. The van der Waals surface area contributed by atoms with Crippen LogP contribution in [0.5, 0.6) is 0 Å². The van der Waals surface area contributed by atoms with Crippen LogP contribution >= 0.6 is 0 Å². The Morgan fingerprint density at radius 3 is 3.00 bits per heavy atom. The fraction of sp³-hybridized carbons (Fsp3) is 0.0833. The zero-order valence-electron chi connectivity index (χ0n) is 8.81. The van der Waals surface area contributed by atoms with Gasteiger partial charge in [0.25, 0.3) is 0 Å². The van der Waals surface area contributed by atoms with Gasteiger partial charge in [-0.25, -0.2) is 0 Å². The Morgan fingerprint density at radius 1 is 1.41 bits per heavy atom. The molecule has 2 aliphatic heterocycles. The Morgan fingerprint density at radius 2 is 2.24 bits per heavy atom. The van der Waals surface area contributed by atoms with E-state index >= 15 is 0 Å². The summed E-state index contributed by atoms with van der Waals surface area (Å²) >= 11 is 0. The summed E-state index contributed by atoms with van der Waals surface area (Å²) in [5, 5.41) is 2.75. The number of aliphatic imine (C=N–C) groups is 1. The number of hydrogen-bond acceptors (Lipinski definition) is 3. The van der Waals surface area contributed by atoms with Gasteiger partial charge in [-0.05, 0) is 18.2 Å². The Balaban J connectivity index is 2.15. The van der Waals surface area contributed by atoms with E-state index in [2.05, 4.69) is 10.3 Å². The van der Waals surface area contributed by atoms with Crippen molar-refractivity contribution in [3.05, 3.63) is 41.6 Å². The maximum atomic E-state index is 11.8. The van der Waals surface area contributed by atoms with E-state index in [9.17, 15) is 9.59 Å². The van der Waals surface area contributed by atoms with Crippen molar-refractivity contribution >= 4 is 23.2 Å². The molecule has 1 unspecified atom stereocenters. The highest BCUT2D eigenvalue weighted by atomic mass is 16.2. The maximum Gasteiger partial charge on any atom is 0.248 e. The molecule has 5 nitrogen and oxygen atoms in total. The lowest BCUT2D eigenvalue weighted by Crippen LogP contribution is -2.33. The zero-order chi connectivity index (χ0) is 12.0. The molecular formula is C12H9N3O2. The lowest BCUT2D eigenvalue weighted by atomic mass is 9.91. The summed E-state index contributed by atoms with van der Waals surface area (Å²) in [4.78, 5) is 27.0. The number of rotatable bonds is 1. The molecule has 0 aromatic heterocycles. The number of primary amides is 1. The second kappa shape index (κ2) is 3.28. The molecule has 2 amide bonds. The molecule has 0 radical (unpaired) electrons. The third-order valence-corrected chi connectivity index (χ3v) is 2.91. The topological polar surface area (TPSA) is 84.5 Å². The Labute approximate surface area is 97.0 Å². The van der Waals surface area contributed by atoms with E-state index in [4.69, 9.17) is 5.73 Å². The van der Waals surface area contributed by atoms with Crippen LogP contribution < -0.4 is 11.1 Å². The second-order valence-electron chi connectivity index (χ2n) is 3.95. The zero-order valence-corrected chi connectivity index (χ0v) is 8.81. The van der Waals surface area contributed by atoms with E-state index in [-0.39, 0.29) is 11.8 Å². The second-order valence-corrected chi connectivity index (χ2v) is 3.95. The molecular weight excluding hydrogens is 218 g/mol. The van der Waals surface area contributed by atoms with Crippen molar-refractivity contribution < 1.29 is 9.59 Å². The minimum atomic E-state index is -0.518. The van der Waals surface area contributed by atoms with Gasteiger partial charge in [0.1, 0.15) is 5.92 Å². The molecule has 3 rings (SSSR count). The SMILES string of the molecule is NC(=O)c1ccc2c(c1)NC(=O)C1C=CN=C21. The molecule has 3 N–H and O–H groups in total. The summed E-state index contributed by atoms with van der Waals surface area (Å²) < 4.78 is 0. The van der Waals surface area contributed by atoms with Crippen LogP contribution in [0.2, 0.25) is 0 Å². The molecule has 1 atom stereocenters. The van der Waals surface area contributed by atoms with Crippen molar-refractivity contribution in [2.24, 2.45) is 16.6 Å². The Bertz CT molecular complexity index is 602. The van der Waals surface area contributed by atoms with Crippen LogP contribution in [-0.4, -0.2) is 17.5 Å². The van der Waals surface area contributed by atoms with Gasteiger partial charge in [0, 0.05) is 17.3 Å². The van der Waals surface area contributed by atoms with Crippen molar-refractivity contribution in [3.63, 3.8) is 0 Å². The lowest BCUT2D eigenvalue weighted by molar-refractivity contribution is -0.117. The lowest BCUT2D eigenvalue weighted by Gasteiger charge is -2.22. The van der Waals surface area contributed by atoms with E-state index in [1.807, 2.05) is 0 Å². The highest BCUT2D eigenvalue weighted by Crippen LogP contribution is 2.30. The van der Waals surface area contributed by atoms with E-state index in [0.29, 0.717) is 11.3 Å². The van der Waals surface area contributed by atoms with Gasteiger partial charge in [-0.2, -0.15) is 0 Å². The van der Waals surface area contributed by atoms with Crippen molar-refractivity contribution in [1.29, 1.82) is 0 Å². The summed E-state index contributed by atoms with van der Waals surface area (Å²) in [5.41, 5.74) is 7.71. The van der Waals surface area contributed by atoms with Crippen LogP contribution in [0, 0.1) is 5.92 Å². The minimum absolute atomic E-state index is 0.133. The first-order valence-electron chi connectivity index (χ1n) is 5.16. The van der Waals surface area contributed by atoms with E-state index in [1.54, 1.807) is 30.5 Å². The molecule has 17 heavy (non-hydrogen) atoms. The van der Waals surface area contributed by atoms with Crippen molar-refractivity contribution in [1.82, 2.24) is 0 Å². The van der Waals surface area contributed by atoms with Crippen LogP contribution in [0.1, 0.15) is 15.9 Å². The van der Waals surface area contributed by atoms with Gasteiger partial charge in [-0.3, -0.25) is 14.6 Å². The standard InChI is InChI=1S/C12H9N3O2/c13-11(16)6-1-2-7-9(5-6)15-12(17)8-3-4-14-10(7)8/h1-5,8H,(H2,13,16)(H,15,17). The predicted molar refractivity (Wildman–Crippen MR) is 62.8 cm³/mol. The minimum Gasteiger partial charge on any atom is -0.366 e. The van der Waals surface area contributed by atoms with E-state index in [1.165, 1.54) is 0 Å². The molecule has 0 bridgehead atoms. The first-order chi connectivity index (χ1) is 8.16. The largest absolute Gasteiger partial charge is 0.366 e. The summed E-state index contributed by atoms with van der Waals surface area (Å²) in [5.74, 6) is -0.968. The monoisotopic (exact) mass is 227 g/mol. The molecule has 1 aromatic rings. The predicted octanol–water partition coefficient (Wildman–Crippen LogP) is 0.670. The van der Waals surface area contributed by atoms with Gasteiger partial charge in [0.2, 0.25) is 11.8 Å². The molecule has 0 fully saturated rings. The Kier molecular flexibility index (Phi) is 1.89. The van der Waals surface area contributed by atoms with Crippen molar-refractivity contribution in [3.8, 4) is 0 Å². The molecule has 5 heteroatoms. The number of anilines is 1. The number of nitrogens with zero attached hydrogens (tertiary/aromatic N) is 1. The quantitative estimate of drug-likeness (QED) is 0.739. The third kappa shape index (κ3) is 1.36. The first-order valence-corrected chi connectivity index (χ1v) is 5.16. The third-order valence-electron chi connectivity index (χ3n) is 2.91. The number of carbonyl (C=O) groups is 2. The molecule has 1 aromatic carbocycles. The van der Waals surface area contributed by atoms with Crippen LogP contribution in [-0.2, 0) is 4.79 Å². The number of amides is 2. The van der Waals surface area contributed by atoms with Crippen LogP contribution in [0.3, 0.4) is 0 Å². The van der Waals surface area contributed by atoms with Crippen LogP contribution in [0.15, 0.2) is 35.5 Å². The van der Waals surface area contributed by atoms with Gasteiger partial charge in [-0.15, -0.1) is 0 Å². The number of nitrogens with two attached hydrogens (primary N) is 1. The number of hydrogen-bond donors (Lipinski definition) is 2. The molecule has 2 heterocycles. The normalized spacial score (nSPS) is 20.4. The van der Waals surface area contributed by atoms with Gasteiger partial charge in [0.05, 0.1) is 11.4 Å². The summed E-state index contributed by atoms with van der Waals surface area (Å²) in [6.07, 6.45) is 3.37. The maximum absolute atomic E-state index is 11.8. The van der Waals surface area contributed by atoms with E-state index in [0.717, 1.165) is 11.3 Å². The van der Waals surface area contributed by atoms with Crippen molar-refractivity contribution in [2.45, 2.75) is 0 Å². The highest BCUT2D eigenvalue weighted by Gasteiger charge is 2.32. The fourth-order valence-corrected chi connectivity index (χ4v) is 2.06. The number of benzene rings is 1. The smallest absolute Gasteiger partial charge is 0.248 e. The van der Waals surface area contributed by atoms with Gasteiger partial charge < -0.3 is 11.1 Å². The fourth-order valence-electron chi connectivity index (χ4n) is 2.06. The Hall–Kier alpha value is -2.43. The first kappa shape index (κ1) is 9.77. The number of nitrogens with one attached hydrogen (secondary N) is 1. The van der Waals surface area contributed by atoms with Crippen LogP contribution in [0.25, 0.3) is 0 Å². The van der Waals surface area contributed by atoms with Gasteiger partial charge >= 0.3 is 0 Å². The molecule has 0 saturated carbocycles. The van der Waals surface area contributed by atoms with E-state index < -0.39 is 5.91 Å². The van der Waals surface area contributed by atoms with Crippen LogP contribution in [0.4, 0.5) is 5.69 Å². The average molecular weight is 227 g/mol. The summed E-state index contributed by atoms with van der Waals surface area (Å²) in [6, 6.07) is 4.97. The molecule has 0 saturated heterocycles. The molecule has 0 spiro atoms. The highest BCUT2D eigenvalue weighted by molar-refractivity contribution is 6.25. The molecule has 84 valence electrons. The number of fused-ring (bicyclic) bond motifs is 3. The van der Waals surface area contributed by atoms with Gasteiger partial charge in [-0.1, -0.05) is 6.07 Å². The number of carbonyl (C=O) groups excluding carboxylic acids is 2. The van der Waals surface area contributed by atoms with Gasteiger partial charge in [0.15, 0.2) is 0 Å². The molecule has 0 aliphatic carbocycles. The molecule has 2 aliphatic rings.